The quantitative estimate of drug-likeness (QED) is 0.741. The molecule has 0 amide bonds. The van der Waals surface area contributed by atoms with Crippen LogP contribution in [0.4, 0.5) is 17.3 Å². The predicted molar refractivity (Wildman–Crippen MR) is 107 cm³/mol. The second-order valence-electron chi connectivity index (χ2n) is 7.11. The average molecular weight is 391 g/mol. The third-order valence-electron chi connectivity index (χ3n) is 5.33. The molecule has 0 saturated carbocycles. The number of esters is 1. The van der Waals surface area contributed by atoms with Crippen LogP contribution in [0.1, 0.15) is 35.3 Å². The fourth-order valence-electron chi connectivity index (χ4n) is 3.78. The molecule has 1 fully saturated rings. The monoisotopic (exact) mass is 391 g/mol. The summed E-state index contributed by atoms with van der Waals surface area (Å²) in [7, 11) is 3.48. The maximum atomic E-state index is 12.2. The highest BCUT2D eigenvalue weighted by molar-refractivity contribution is 5.96. The van der Waals surface area contributed by atoms with E-state index in [9.17, 15) is 4.79 Å². The van der Waals surface area contributed by atoms with Crippen LogP contribution in [0.5, 0.6) is 0 Å². The number of anilines is 3. The van der Waals surface area contributed by atoms with E-state index in [4.69, 9.17) is 10.00 Å². The molecule has 29 heavy (non-hydrogen) atoms. The summed E-state index contributed by atoms with van der Waals surface area (Å²) in [5, 5.41) is 15.4. The van der Waals surface area contributed by atoms with Crippen LogP contribution < -0.4 is 10.6 Å². The number of carbonyl (C=O) groups excluding carboxylic acids is 1. The number of ether oxygens (including phenoxy) is 1. The maximum Gasteiger partial charge on any atom is 0.341 e. The van der Waals surface area contributed by atoms with Gasteiger partial charge >= 0.3 is 5.97 Å². The lowest BCUT2D eigenvalue weighted by molar-refractivity contribution is 0.0601. The smallest absolute Gasteiger partial charge is 0.341 e. The lowest BCUT2D eigenvalue weighted by atomic mass is 9.98. The molecule has 9 heteroatoms. The third kappa shape index (κ3) is 3.82. The van der Waals surface area contributed by atoms with Crippen molar-refractivity contribution in [2.24, 2.45) is 0 Å². The minimum atomic E-state index is -0.445. The van der Waals surface area contributed by atoms with Crippen LogP contribution in [0.2, 0.25) is 0 Å². The topological polar surface area (TPSA) is 116 Å². The van der Waals surface area contributed by atoms with Crippen LogP contribution >= 0.6 is 0 Å². The molecule has 2 aromatic rings. The van der Waals surface area contributed by atoms with E-state index in [-0.39, 0.29) is 11.7 Å². The zero-order valence-electron chi connectivity index (χ0n) is 16.2. The molecule has 0 aliphatic carbocycles. The summed E-state index contributed by atoms with van der Waals surface area (Å²) in [4.78, 5) is 27.0. The summed E-state index contributed by atoms with van der Waals surface area (Å²) in [6, 6.07) is 4.41. The van der Waals surface area contributed by atoms with Crippen molar-refractivity contribution in [1.82, 2.24) is 19.9 Å². The molecule has 9 nitrogen and oxygen atoms in total. The lowest BCUT2D eigenvalue weighted by Crippen LogP contribution is -2.39. The first-order chi connectivity index (χ1) is 14.1. The standard InChI is InChI=1S/C20H21N7O2/c1-27-14-3-4-15(27)6-12(5-14)25-17-7-18(24-10-16(17)20(28)29-2)26-19-11-22-13(8-21)9-23-19/h3,7,9-12,15H,4-6H2,1-2H3,(H2,23,24,25,26)/t12?,15-/m0/s1. The van der Waals surface area contributed by atoms with E-state index in [1.165, 1.54) is 31.4 Å². The Bertz CT molecular complexity index is 997. The Balaban J connectivity index is 1.56. The highest BCUT2D eigenvalue weighted by Crippen LogP contribution is 2.35. The van der Waals surface area contributed by atoms with Gasteiger partial charge in [0.1, 0.15) is 23.3 Å². The van der Waals surface area contributed by atoms with Gasteiger partial charge in [0.15, 0.2) is 5.69 Å². The molecule has 4 heterocycles. The number of piperidine rings is 1. The molecule has 0 radical (unpaired) electrons. The van der Waals surface area contributed by atoms with Gasteiger partial charge in [0.25, 0.3) is 0 Å². The lowest BCUT2D eigenvalue weighted by Gasteiger charge is -2.36. The predicted octanol–water partition coefficient (Wildman–Crippen LogP) is 2.44. The van der Waals surface area contributed by atoms with Crippen LogP contribution in [0.15, 0.2) is 36.4 Å². The first kappa shape index (κ1) is 18.7. The van der Waals surface area contributed by atoms with Gasteiger partial charge in [-0.15, -0.1) is 0 Å². The highest BCUT2D eigenvalue weighted by atomic mass is 16.5. The van der Waals surface area contributed by atoms with E-state index in [2.05, 4.69) is 43.6 Å². The summed E-state index contributed by atoms with van der Waals surface area (Å²) in [6.07, 6.45) is 9.57. The summed E-state index contributed by atoms with van der Waals surface area (Å²) in [5.74, 6) is 0.518. The Labute approximate surface area is 168 Å². The molecule has 1 unspecified atom stereocenters. The zero-order valence-corrected chi connectivity index (χ0v) is 16.2. The molecule has 0 spiro atoms. The number of hydrogen-bond acceptors (Lipinski definition) is 9. The second kappa shape index (κ2) is 7.75. The van der Waals surface area contributed by atoms with Gasteiger partial charge in [0.2, 0.25) is 0 Å². The number of methoxy groups -OCH3 is 1. The first-order valence-electron chi connectivity index (χ1n) is 9.33. The average Bonchev–Trinajstić information content (AvgIpc) is 2.94. The van der Waals surface area contributed by atoms with Gasteiger partial charge in [-0.05, 0) is 12.8 Å². The molecule has 2 aliphatic heterocycles. The summed E-state index contributed by atoms with van der Waals surface area (Å²) in [5.41, 5.74) is 2.60. The Morgan fingerprint density at radius 2 is 2.10 bits per heavy atom. The summed E-state index contributed by atoms with van der Waals surface area (Å²) in [6.45, 7) is 0. The van der Waals surface area contributed by atoms with Gasteiger partial charge in [0, 0.05) is 43.5 Å². The van der Waals surface area contributed by atoms with E-state index >= 15 is 0 Å². The molecule has 2 N–H and O–H groups in total. The fraction of sp³-hybridized carbons (Fsp3) is 0.350. The van der Waals surface area contributed by atoms with Gasteiger partial charge in [-0.3, -0.25) is 0 Å². The van der Waals surface area contributed by atoms with Gasteiger partial charge < -0.3 is 20.3 Å². The van der Waals surface area contributed by atoms with Crippen LogP contribution in [0.25, 0.3) is 0 Å². The van der Waals surface area contributed by atoms with Crippen molar-refractivity contribution < 1.29 is 9.53 Å². The number of nitrogens with one attached hydrogen (secondary N) is 2. The van der Waals surface area contributed by atoms with E-state index < -0.39 is 5.97 Å². The molecule has 0 aromatic carbocycles. The van der Waals surface area contributed by atoms with E-state index in [0.717, 1.165) is 19.3 Å². The molecule has 2 atom stereocenters. The number of nitrogens with zero attached hydrogens (tertiary/aromatic N) is 5. The molecule has 2 aliphatic rings. The minimum absolute atomic E-state index is 0.221. The van der Waals surface area contributed by atoms with E-state index in [0.29, 0.717) is 28.9 Å². The summed E-state index contributed by atoms with van der Waals surface area (Å²) < 4.78 is 4.91. The Hall–Kier alpha value is -3.67. The molecule has 2 aromatic heterocycles. The highest BCUT2D eigenvalue weighted by Gasteiger charge is 2.33. The van der Waals surface area contributed by atoms with Gasteiger partial charge in [-0.1, -0.05) is 6.08 Å². The zero-order chi connectivity index (χ0) is 20.4. The number of carbonyl (C=O) groups is 1. The molecule has 2 bridgehead atoms. The molecule has 148 valence electrons. The number of aromatic nitrogens is 3. The number of fused-ring (bicyclic) bond motifs is 2. The Morgan fingerprint density at radius 3 is 2.79 bits per heavy atom. The van der Waals surface area contributed by atoms with Crippen molar-refractivity contribution in [3.63, 3.8) is 0 Å². The Kier molecular flexibility index (Phi) is 4.99. The first-order valence-corrected chi connectivity index (χ1v) is 9.33. The minimum Gasteiger partial charge on any atom is -0.465 e. The number of rotatable bonds is 5. The van der Waals surface area contributed by atoms with E-state index in [1.54, 1.807) is 6.07 Å². The largest absolute Gasteiger partial charge is 0.465 e. The second-order valence-corrected chi connectivity index (χ2v) is 7.11. The third-order valence-corrected chi connectivity index (χ3v) is 5.33. The van der Waals surface area contributed by atoms with Gasteiger partial charge in [0.05, 0.1) is 25.2 Å². The normalized spacial score (nSPS) is 19.9. The maximum absolute atomic E-state index is 12.2. The van der Waals surface area contributed by atoms with Crippen molar-refractivity contribution in [2.45, 2.75) is 31.3 Å². The Morgan fingerprint density at radius 1 is 1.28 bits per heavy atom. The SMILES string of the molecule is COC(=O)c1cnc(Nc2cnc(C#N)cn2)cc1NC1CC2=CC[C@@H](C1)N2C. The fourth-order valence-corrected chi connectivity index (χ4v) is 3.78. The van der Waals surface area contributed by atoms with Crippen molar-refractivity contribution in [3.05, 3.63) is 47.7 Å². The van der Waals surface area contributed by atoms with Gasteiger partial charge in [-0.25, -0.2) is 19.7 Å². The molecule has 4 rings (SSSR count). The van der Waals surface area contributed by atoms with Crippen LogP contribution in [0.3, 0.4) is 0 Å². The van der Waals surface area contributed by atoms with Gasteiger partial charge in [-0.2, -0.15) is 5.26 Å². The molecule has 1 saturated heterocycles. The van der Waals surface area contributed by atoms with Crippen LogP contribution in [0, 0.1) is 11.3 Å². The van der Waals surface area contributed by atoms with Crippen molar-refractivity contribution in [1.29, 1.82) is 5.26 Å². The number of pyridine rings is 1. The van der Waals surface area contributed by atoms with Crippen molar-refractivity contribution in [2.75, 3.05) is 24.8 Å². The van der Waals surface area contributed by atoms with Crippen molar-refractivity contribution in [3.8, 4) is 6.07 Å². The molecular weight excluding hydrogens is 370 g/mol. The number of nitriles is 1. The summed E-state index contributed by atoms with van der Waals surface area (Å²) >= 11 is 0. The number of hydrogen-bond donors (Lipinski definition) is 2. The van der Waals surface area contributed by atoms with E-state index in [1.807, 2.05) is 6.07 Å². The molecular formula is C20H21N7O2. The van der Waals surface area contributed by atoms with Crippen molar-refractivity contribution >= 4 is 23.3 Å². The van der Waals surface area contributed by atoms with Crippen LogP contribution in [-0.4, -0.2) is 52.1 Å². The van der Waals surface area contributed by atoms with Crippen LogP contribution in [-0.2, 0) is 4.74 Å².